The zero-order valence-corrected chi connectivity index (χ0v) is 14.4. The van der Waals surface area contributed by atoms with Crippen molar-refractivity contribution in [2.45, 2.75) is 6.92 Å². The summed E-state index contributed by atoms with van der Waals surface area (Å²) in [5.41, 5.74) is 2.72. The maximum absolute atomic E-state index is 12.6. The van der Waals surface area contributed by atoms with Crippen LogP contribution in [0.25, 0.3) is 6.08 Å². The first-order valence-electron chi connectivity index (χ1n) is 7.34. The average Bonchev–Trinajstić information content (AvgIpc) is 2.85. The Morgan fingerprint density at radius 1 is 1.08 bits per heavy atom. The van der Waals surface area contributed by atoms with Gasteiger partial charge in [-0.2, -0.15) is 10.1 Å². The van der Waals surface area contributed by atoms with E-state index >= 15 is 0 Å². The lowest BCUT2D eigenvalue weighted by atomic mass is 10.1. The van der Waals surface area contributed by atoms with E-state index in [1.54, 1.807) is 43.3 Å². The number of allylic oxidation sites excluding steroid dienone is 2. The maximum Gasteiger partial charge on any atom is 0.280 e. The number of hydrogen-bond acceptors (Lipinski definition) is 2. The normalized spacial score (nSPS) is 16.7. The van der Waals surface area contributed by atoms with Crippen molar-refractivity contribution in [2.75, 3.05) is 5.01 Å². The van der Waals surface area contributed by atoms with E-state index in [-0.39, 0.29) is 5.91 Å². The number of amides is 1. The van der Waals surface area contributed by atoms with Gasteiger partial charge in [-0.15, -0.1) is 0 Å². The maximum atomic E-state index is 12.6. The zero-order valence-electron chi connectivity index (χ0n) is 12.9. The predicted octanol–water partition coefficient (Wildman–Crippen LogP) is 5.27. The Kier molecular flexibility index (Phi) is 4.84. The van der Waals surface area contributed by atoms with Gasteiger partial charge < -0.3 is 0 Å². The molecule has 0 unspecified atom stereocenters. The Labute approximate surface area is 150 Å². The molecule has 24 heavy (non-hydrogen) atoms. The van der Waals surface area contributed by atoms with Crippen LogP contribution in [-0.4, -0.2) is 11.6 Å². The van der Waals surface area contributed by atoms with E-state index in [4.69, 9.17) is 23.2 Å². The second-order valence-electron chi connectivity index (χ2n) is 5.28. The number of rotatable bonds is 3. The summed E-state index contributed by atoms with van der Waals surface area (Å²) in [4.78, 5) is 12.6. The fourth-order valence-electron chi connectivity index (χ4n) is 2.33. The number of carbonyl (C=O) groups excluding carboxylic acids is 1. The monoisotopic (exact) mass is 356 g/mol. The first-order valence-corrected chi connectivity index (χ1v) is 8.10. The Morgan fingerprint density at radius 2 is 1.75 bits per heavy atom. The fraction of sp³-hybridized carbons (Fsp3) is 0.0526. The largest absolute Gasteiger partial charge is 0.280 e. The third-order valence-corrected chi connectivity index (χ3v) is 3.99. The molecular formula is C19H14Cl2N2O. The molecule has 1 aliphatic rings. The summed E-state index contributed by atoms with van der Waals surface area (Å²) < 4.78 is 0. The van der Waals surface area contributed by atoms with Crippen LogP contribution in [0, 0.1) is 0 Å². The zero-order chi connectivity index (χ0) is 17.1. The highest BCUT2D eigenvalue weighted by atomic mass is 35.5. The van der Waals surface area contributed by atoms with Crippen LogP contribution in [0.4, 0.5) is 5.69 Å². The molecule has 0 atom stereocenters. The Morgan fingerprint density at radius 3 is 2.42 bits per heavy atom. The molecule has 1 amide bonds. The molecule has 3 rings (SSSR count). The van der Waals surface area contributed by atoms with E-state index in [9.17, 15) is 4.79 Å². The number of carbonyl (C=O) groups is 1. The molecule has 2 aromatic rings. The Balaban J connectivity index is 1.87. The van der Waals surface area contributed by atoms with Crippen molar-refractivity contribution in [1.29, 1.82) is 0 Å². The molecule has 0 radical (unpaired) electrons. The third-order valence-electron chi connectivity index (χ3n) is 3.52. The van der Waals surface area contributed by atoms with Crippen LogP contribution >= 0.6 is 23.2 Å². The van der Waals surface area contributed by atoms with Gasteiger partial charge in [0.25, 0.3) is 5.91 Å². The molecule has 2 aromatic carbocycles. The highest BCUT2D eigenvalue weighted by Gasteiger charge is 2.28. The highest BCUT2D eigenvalue weighted by molar-refractivity contribution is 6.36. The molecule has 0 saturated carbocycles. The van der Waals surface area contributed by atoms with E-state index in [2.05, 4.69) is 5.10 Å². The first kappa shape index (κ1) is 16.5. The molecule has 3 nitrogen and oxygen atoms in total. The molecule has 0 N–H and O–H groups in total. The lowest BCUT2D eigenvalue weighted by molar-refractivity contribution is -0.114. The standard InChI is InChI=1S/C19H14Cl2N2O/c1-13-18(12-16(21)11-14-5-3-2-4-6-14)19(24)23(22-13)17-9-7-15(20)8-10-17/h2-12H,1H3/b16-11-,18-12?. The molecule has 5 heteroatoms. The molecule has 1 aliphatic heterocycles. The van der Waals surface area contributed by atoms with Crippen molar-refractivity contribution >= 4 is 46.6 Å². The number of hydrazone groups is 1. The van der Waals surface area contributed by atoms with Crippen molar-refractivity contribution < 1.29 is 4.79 Å². The number of nitrogens with zero attached hydrogens (tertiary/aromatic N) is 2. The summed E-state index contributed by atoms with van der Waals surface area (Å²) in [5.74, 6) is -0.213. The molecule has 0 bridgehead atoms. The van der Waals surface area contributed by atoms with Gasteiger partial charge in [0.1, 0.15) is 0 Å². The van der Waals surface area contributed by atoms with Crippen LogP contribution < -0.4 is 5.01 Å². The molecule has 120 valence electrons. The van der Waals surface area contributed by atoms with Crippen LogP contribution in [0.2, 0.25) is 5.02 Å². The molecule has 1 heterocycles. The minimum atomic E-state index is -0.213. The number of anilines is 1. The van der Waals surface area contributed by atoms with Gasteiger partial charge in [0.15, 0.2) is 0 Å². The quantitative estimate of drug-likeness (QED) is 0.689. The smallest absolute Gasteiger partial charge is 0.267 e. The van der Waals surface area contributed by atoms with Crippen LogP contribution in [-0.2, 0) is 4.79 Å². The second-order valence-corrected chi connectivity index (χ2v) is 6.15. The summed E-state index contributed by atoms with van der Waals surface area (Å²) in [6.07, 6.45) is 3.45. The van der Waals surface area contributed by atoms with Gasteiger partial charge in [0, 0.05) is 10.1 Å². The SMILES string of the molecule is CC1=NN(c2ccc(Cl)cc2)C(=O)C1=C/C(Cl)=C/c1ccccc1. The van der Waals surface area contributed by atoms with Crippen LogP contribution in [0.15, 0.2) is 76.4 Å². The summed E-state index contributed by atoms with van der Waals surface area (Å²) in [5, 5.41) is 6.74. The van der Waals surface area contributed by atoms with Crippen LogP contribution in [0.3, 0.4) is 0 Å². The number of halogens is 2. The summed E-state index contributed by atoms with van der Waals surface area (Å²) >= 11 is 12.2. The van der Waals surface area contributed by atoms with Gasteiger partial charge in [-0.3, -0.25) is 4.79 Å². The lowest BCUT2D eigenvalue weighted by Crippen LogP contribution is -2.21. The second kappa shape index (κ2) is 7.04. The van der Waals surface area contributed by atoms with Crippen LogP contribution in [0.1, 0.15) is 12.5 Å². The topological polar surface area (TPSA) is 32.7 Å². The van der Waals surface area contributed by atoms with Gasteiger partial charge in [-0.25, -0.2) is 0 Å². The van der Waals surface area contributed by atoms with Crippen molar-refractivity contribution in [3.63, 3.8) is 0 Å². The molecular weight excluding hydrogens is 343 g/mol. The predicted molar refractivity (Wildman–Crippen MR) is 100 cm³/mol. The van der Waals surface area contributed by atoms with Crippen molar-refractivity contribution in [1.82, 2.24) is 0 Å². The summed E-state index contributed by atoms with van der Waals surface area (Å²) in [6, 6.07) is 16.6. The average molecular weight is 357 g/mol. The Hall–Kier alpha value is -2.36. The van der Waals surface area contributed by atoms with Crippen molar-refractivity contribution in [2.24, 2.45) is 5.10 Å². The van der Waals surface area contributed by atoms with E-state index in [1.807, 2.05) is 30.3 Å². The van der Waals surface area contributed by atoms with Gasteiger partial charge >= 0.3 is 0 Å². The minimum Gasteiger partial charge on any atom is -0.267 e. The van der Waals surface area contributed by atoms with Crippen LogP contribution in [0.5, 0.6) is 0 Å². The van der Waals surface area contributed by atoms with Gasteiger partial charge in [0.05, 0.1) is 17.0 Å². The summed E-state index contributed by atoms with van der Waals surface area (Å²) in [6.45, 7) is 1.78. The molecule has 0 fully saturated rings. The third kappa shape index (κ3) is 3.58. The first-order chi connectivity index (χ1) is 11.5. The molecule has 0 saturated heterocycles. The van der Waals surface area contributed by atoms with Crippen molar-refractivity contribution in [3.05, 3.63) is 81.9 Å². The van der Waals surface area contributed by atoms with Gasteiger partial charge in [-0.1, -0.05) is 53.5 Å². The number of benzene rings is 2. The van der Waals surface area contributed by atoms with Gasteiger partial charge in [0.2, 0.25) is 0 Å². The van der Waals surface area contributed by atoms with Gasteiger partial charge in [-0.05, 0) is 48.9 Å². The summed E-state index contributed by atoms with van der Waals surface area (Å²) in [7, 11) is 0. The minimum absolute atomic E-state index is 0.213. The molecule has 0 spiro atoms. The highest BCUT2D eigenvalue weighted by Crippen LogP contribution is 2.26. The Bertz CT molecular complexity index is 853. The van der Waals surface area contributed by atoms with E-state index in [1.165, 1.54) is 5.01 Å². The van der Waals surface area contributed by atoms with E-state index < -0.39 is 0 Å². The van der Waals surface area contributed by atoms with E-state index in [0.29, 0.717) is 27.0 Å². The van der Waals surface area contributed by atoms with Crippen molar-refractivity contribution in [3.8, 4) is 0 Å². The lowest BCUT2D eigenvalue weighted by Gasteiger charge is -2.11. The fourth-order valence-corrected chi connectivity index (χ4v) is 2.69. The molecule has 0 aliphatic carbocycles. The van der Waals surface area contributed by atoms with E-state index in [0.717, 1.165) is 5.56 Å². The molecule has 0 aromatic heterocycles. The number of hydrogen-bond donors (Lipinski definition) is 0.